The summed E-state index contributed by atoms with van der Waals surface area (Å²) in [5.74, 6) is 0.521. The quantitative estimate of drug-likeness (QED) is 0.285. The van der Waals surface area contributed by atoms with Crippen molar-refractivity contribution in [2.45, 2.75) is 33.6 Å². The average molecular weight is 376 g/mol. The van der Waals surface area contributed by atoms with Crippen LogP contribution in [0.15, 0.2) is 72.9 Å². The molecule has 142 valence electrons. The second-order valence-electron chi connectivity index (χ2n) is 8.37. The van der Waals surface area contributed by atoms with Crippen LogP contribution in [0.3, 0.4) is 0 Å². The number of nitrogens with zero attached hydrogens (tertiary/aromatic N) is 1. The molecule has 0 fully saturated rings. The number of benzene rings is 4. The number of rotatable bonds is 2. The highest BCUT2D eigenvalue weighted by molar-refractivity contribution is 6.10. The summed E-state index contributed by atoms with van der Waals surface area (Å²) in [4.78, 5) is 4.80. The molecule has 4 aromatic carbocycles. The normalized spacial score (nSPS) is 11.8. The number of hydrogen-bond donors (Lipinski definition) is 0. The summed E-state index contributed by atoms with van der Waals surface area (Å²) in [6, 6.07) is 24.3. The summed E-state index contributed by atoms with van der Waals surface area (Å²) in [6.07, 6.45) is 1.95. The van der Waals surface area contributed by atoms with Crippen LogP contribution in [0.4, 0.5) is 0 Å². The van der Waals surface area contributed by atoms with Crippen LogP contribution in [0.2, 0.25) is 0 Å². The lowest BCUT2D eigenvalue weighted by atomic mass is 9.90. The second kappa shape index (κ2) is 6.70. The summed E-state index contributed by atoms with van der Waals surface area (Å²) < 4.78 is 0. The highest BCUT2D eigenvalue weighted by atomic mass is 14.7. The smallest absolute Gasteiger partial charge is 0.0780 e. The van der Waals surface area contributed by atoms with Gasteiger partial charge in [0.25, 0.3) is 0 Å². The van der Waals surface area contributed by atoms with E-state index in [2.05, 4.69) is 94.4 Å². The number of fused-ring (bicyclic) bond motifs is 4. The minimum absolute atomic E-state index is 0.521. The van der Waals surface area contributed by atoms with Gasteiger partial charge in [-0.15, -0.1) is 0 Å². The minimum Gasteiger partial charge on any atom is -0.256 e. The molecule has 0 aliphatic heterocycles. The van der Waals surface area contributed by atoms with Crippen LogP contribution in [0.1, 0.15) is 36.5 Å². The summed E-state index contributed by atoms with van der Waals surface area (Å²) in [5, 5.41) is 7.75. The van der Waals surface area contributed by atoms with Gasteiger partial charge in [-0.05, 0) is 81.6 Å². The third kappa shape index (κ3) is 2.81. The van der Waals surface area contributed by atoms with Crippen LogP contribution in [-0.4, -0.2) is 4.98 Å². The van der Waals surface area contributed by atoms with E-state index in [1.165, 1.54) is 54.6 Å². The molecular weight excluding hydrogens is 350 g/mol. The first-order valence-corrected chi connectivity index (χ1v) is 10.4. The summed E-state index contributed by atoms with van der Waals surface area (Å²) in [7, 11) is 0. The van der Waals surface area contributed by atoms with Crippen LogP contribution in [-0.2, 0) is 0 Å². The zero-order chi connectivity index (χ0) is 20.1. The van der Waals surface area contributed by atoms with Gasteiger partial charge < -0.3 is 0 Å². The van der Waals surface area contributed by atoms with Gasteiger partial charge in [0.15, 0.2) is 0 Å². The van der Waals surface area contributed by atoms with E-state index in [0.717, 1.165) is 5.69 Å². The van der Waals surface area contributed by atoms with Gasteiger partial charge in [-0.1, -0.05) is 62.4 Å². The van der Waals surface area contributed by atoms with Crippen LogP contribution in [0.5, 0.6) is 0 Å². The molecular formula is C28H25N. The predicted octanol–water partition coefficient (Wildman–Crippen LogP) is 7.95. The fourth-order valence-corrected chi connectivity index (χ4v) is 4.78. The molecule has 0 unspecified atom stereocenters. The topological polar surface area (TPSA) is 12.9 Å². The lowest BCUT2D eigenvalue weighted by molar-refractivity contribution is 0.859. The molecule has 1 heteroatoms. The summed E-state index contributed by atoms with van der Waals surface area (Å²) in [6.45, 7) is 8.96. The van der Waals surface area contributed by atoms with Crippen molar-refractivity contribution < 1.29 is 0 Å². The molecule has 0 aliphatic rings. The fraction of sp³-hybridized carbons (Fsp3) is 0.179. The van der Waals surface area contributed by atoms with Gasteiger partial charge in [-0.3, -0.25) is 4.98 Å². The Bertz CT molecular complexity index is 1390. The van der Waals surface area contributed by atoms with Gasteiger partial charge in [0, 0.05) is 17.1 Å². The van der Waals surface area contributed by atoms with Crippen LogP contribution >= 0.6 is 0 Å². The highest BCUT2D eigenvalue weighted by Gasteiger charge is 2.13. The average Bonchev–Trinajstić information content (AvgIpc) is 2.73. The molecule has 0 bridgehead atoms. The predicted molar refractivity (Wildman–Crippen MR) is 126 cm³/mol. The SMILES string of the molecule is Cc1c(C(C)C)ccc2c(-c3cc(C)c4c(ccc5ccccc54)c3)nccc12. The van der Waals surface area contributed by atoms with E-state index in [1.807, 2.05) is 6.20 Å². The maximum Gasteiger partial charge on any atom is 0.0780 e. The lowest BCUT2D eigenvalue weighted by Crippen LogP contribution is -1.95. The molecule has 0 radical (unpaired) electrons. The van der Waals surface area contributed by atoms with E-state index in [0.29, 0.717) is 5.92 Å². The van der Waals surface area contributed by atoms with Crippen molar-refractivity contribution in [1.82, 2.24) is 4.98 Å². The Hall–Kier alpha value is -3.19. The van der Waals surface area contributed by atoms with Gasteiger partial charge in [0.1, 0.15) is 0 Å². The standard InChI is InChI=1S/C28H25N/c1-17(2)23-11-12-26-24(19(23)4)13-14-29-28(26)22-15-18(3)27-21(16-22)10-9-20-7-5-6-8-25(20)27/h5-17H,1-4H3. The zero-order valence-electron chi connectivity index (χ0n) is 17.5. The van der Waals surface area contributed by atoms with Crippen molar-refractivity contribution in [3.05, 3.63) is 89.6 Å². The minimum atomic E-state index is 0.521. The van der Waals surface area contributed by atoms with Gasteiger partial charge in [-0.2, -0.15) is 0 Å². The van der Waals surface area contributed by atoms with Gasteiger partial charge in [-0.25, -0.2) is 0 Å². The van der Waals surface area contributed by atoms with Crippen molar-refractivity contribution in [3.63, 3.8) is 0 Å². The number of pyridine rings is 1. The molecule has 5 aromatic rings. The van der Waals surface area contributed by atoms with Crippen molar-refractivity contribution in [3.8, 4) is 11.3 Å². The molecule has 0 saturated carbocycles. The Balaban J connectivity index is 1.79. The van der Waals surface area contributed by atoms with Crippen LogP contribution < -0.4 is 0 Å². The monoisotopic (exact) mass is 375 g/mol. The Morgan fingerprint density at radius 2 is 1.52 bits per heavy atom. The Morgan fingerprint density at radius 1 is 0.724 bits per heavy atom. The first-order valence-electron chi connectivity index (χ1n) is 10.4. The van der Waals surface area contributed by atoms with E-state index in [9.17, 15) is 0 Å². The molecule has 5 rings (SSSR count). The summed E-state index contributed by atoms with van der Waals surface area (Å²) >= 11 is 0. The second-order valence-corrected chi connectivity index (χ2v) is 8.37. The van der Waals surface area contributed by atoms with Crippen LogP contribution in [0.25, 0.3) is 43.6 Å². The third-order valence-electron chi connectivity index (χ3n) is 6.19. The fourth-order valence-electron chi connectivity index (χ4n) is 4.78. The van der Waals surface area contributed by atoms with Crippen molar-refractivity contribution in [2.24, 2.45) is 0 Å². The molecule has 0 saturated heterocycles. The molecule has 0 amide bonds. The molecule has 0 aliphatic carbocycles. The Kier molecular flexibility index (Phi) is 4.13. The molecule has 1 aromatic heterocycles. The van der Waals surface area contributed by atoms with E-state index in [-0.39, 0.29) is 0 Å². The van der Waals surface area contributed by atoms with E-state index in [1.54, 1.807) is 0 Å². The molecule has 1 heterocycles. The number of aromatic nitrogens is 1. The van der Waals surface area contributed by atoms with Gasteiger partial charge in [0.2, 0.25) is 0 Å². The molecule has 0 spiro atoms. The van der Waals surface area contributed by atoms with Crippen molar-refractivity contribution in [2.75, 3.05) is 0 Å². The summed E-state index contributed by atoms with van der Waals surface area (Å²) in [5.41, 5.74) is 6.33. The van der Waals surface area contributed by atoms with E-state index < -0.39 is 0 Å². The zero-order valence-corrected chi connectivity index (χ0v) is 17.5. The van der Waals surface area contributed by atoms with Crippen LogP contribution in [0, 0.1) is 13.8 Å². The number of hydrogen-bond acceptors (Lipinski definition) is 1. The first-order chi connectivity index (χ1) is 14.0. The number of aryl methyl sites for hydroxylation is 2. The van der Waals surface area contributed by atoms with Gasteiger partial charge >= 0.3 is 0 Å². The van der Waals surface area contributed by atoms with Crippen molar-refractivity contribution >= 4 is 32.3 Å². The first kappa shape index (κ1) is 17.9. The van der Waals surface area contributed by atoms with E-state index >= 15 is 0 Å². The molecule has 0 N–H and O–H groups in total. The highest BCUT2D eigenvalue weighted by Crippen LogP contribution is 2.36. The van der Waals surface area contributed by atoms with Gasteiger partial charge in [0.05, 0.1) is 5.69 Å². The maximum absolute atomic E-state index is 4.80. The maximum atomic E-state index is 4.80. The largest absolute Gasteiger partial charge is 0.256 e. The third-order valence-corrected chi connectivity index (χ3v) is 6.19. The Morgan fingerprint density at radius 3 is 2.34 bits per heavy atom. The molecule has 1 nitrogen and oxygen atoms in total. The molecule has 0 atom stereocenters. The molecule has 29 heavy (non-hydrogen) atoms. The Labute approximate surface area is 172 Å². The lowest BCUT2D eigenvalue weighted by Gasteiger charge is -2.15. The van der Waals surface area contributed by atoms with E-state index in [4.69, 9.17) is 4.98 Å². The van der Waals surface area contributed by atoms with Crippen molar-refractivity contribution in [1.29, 1.82) is 0 Å².